The monoisotopic (exact) mass is 245 g/mol. The predicted molar refractivity (Wildman–Crippen MR) is 64.7 cm³/mol. The number of pyridine rings is 1. The van der Waals surface area contributed by atoms with Gasteiger partial charge in [0.15, 0.2) is 0 Å². The summed E-state index contributed by atoms with van der Waals surface area (Å²) in [5.74, 6) is -1.96. The lowest BCUT2D eigenvalue weighted by Gasteiger charge is -2.12. The SMILES string of the molecule is O=C(O)[C@H](Cc1ccncc1)c1ccc(F)cc1. The van der Waals surface area contributed by atoms with Crippen molar-refractivity contribution in [3.63, 3.8) is 0 Å². The van der Waals surface area contributed by atoms with Crippen LogP contribution in [0.5, 0.6) is 0 Å². The van der Waals surface area contributed by atoms with Crippen molar-refractivity contribution in [3.8, 4) is 0 Å². The maximum atomic E-state index is 12.8. The van der Waals surface area contributed by atoms with Crippen LogP contribution in [0.15, 0.2) is 48.8 Å². The van der Waals surface area contributed by atoms with Gasteiger partial charge in [0, 0.05) is 12.4 Å². The highest BCUT2D eigenvalue weighted by Gasteiger charge is 2.20. The van der Waals surface area contributed by atoms with Gasteiger partial charge in [0.2, 0.25) is 0 Å². The van der Waals surface area contributed by atoms with Crippen molar-refractivity contribution >= 4 is 5.97 Å². The van der Waals surface area contributed by atoms with Gasteiger partial charge in [-0.05, 0) is 41.8 Å². The molecule has 0 saturated carbocycles. The second kappa shape index (κ2) is 5.40. The first-order chi connectivity index (χ1) is 8.66. The molecule has 0 amide bonds. The van der Waals surface area contributed by atoms with Crippen molar-refractivity contribution in [3.05, 3.63) is 65.7 Å². The number of carboxylic acids is 1. The highest BCUT2D eigenvalue weighted by atomic mass is 19.1. The second-order valence-corrected chi connectivity index (χ2v) is 4.00. The summed E-state index contributed by atoms with van der Waals surface area (Å²) in [6.07, 6.45) is 3.61. The Kier molecular flexibility index (Phi) is 3.67. The van der Waals surface area contributed by atoms with Crippen LogP contribution in [-0.4, -0.2) is 16.1 Å². The molecule has 0 aliphatic carbocycles. The summed E-state index contributed by atoms with van der Waals surface area (Å²) in [6, 6.07) is 9.12. The average molecular weight is 245 g/mol. The van der Waals surface area contributed by atoms with Crippen LogP contribution >= 0.6 is 0 Å². The van der Waals surface area contributed by atoms with Gasteiger partial charge in [0.25, 0.3) is 0 Å². The molecular formula is C14H12FNO2. The molecule has 1 aromatic carbocycles. The van der Waals surface area contributed by atoms with Gasteiger partial charge in [-0.15, -0.1) is 0 Å². The molecule has 92 valence electrons. The van der Waals surface area contributed by atoms with Gasteiger partial charge >= 0.3 is 5.97 Å². The topological polar surface area (TPSA) is 50.2 Å². The number of hydrogen-bond donors (Lipinski definition) is 1. The number of rotatable bonds is 4. The lowest BCUT2D eigenvalue weighted by molar-refractivity contribution is -0.138. The van der Waals surface area contributed by atoms with Gasteiger partial charge < -0.3 is 5.11 Å². The number of nitrogens with zero attached hydrogens (tertiary/aromatic N) is 1. The van der Waals surface area contributed by atoms with Crippen LogP contribution in [0.4, 0.5) is 4.39 Å². The van der Waals surface area contributed by atoms with Crippen LogP contribution in [-0.2, 0) is 11.2 Å². The van der Waals surface area contributed by atoms with Crippen molar-refractivity contribution in [1.29, 1.82) is 0 Å². The fraction of sp³-hybridized carbons (Fsp3) is 0.143. The normalized spacial score (nSPS) is 12.1. The van der Waals surface area contributed by atoms with Gasteiger partial charge in [-0.3, -0.25) is 9.78 Å². The standard InChI is InChI=1S/C14H12FNO2/c15-12-3-1-11(2-4-12)13(14(17)18)9-10-5-7-16-8-6-10/h1-8,13H,9H2,(H,17,18)/t13-/m1/s1. The number of hydrogen-bond acceptors (Lipinski definition) is 2. The van der Waals surface area contributed by atoms with E-state index < -0.39 is 11.9 Å². The zero-order valence-corrected chi connectivity index (χ0v) is 9.58. The first kappa shape index (κ1) is 12.2. The maximum Gasteiger partial charge on any atom is 0.311 e. The molecule has 3 nitrogen and oxygen atoms in total. The van der Waals surface area contributed by atoms with Gasteiger partial charge in [-0.1, -0.05) is 12.1 Å². The van der Waals surface area contributed by atoms with E-state index in [2.05, 4.69) is 4.98 Å². The molecule has 1 atom stereocenters. The Balaban J connectivity index is 2.24. The molecule has 4 heteroatoms. The van der Waals surface area contributed by atoms with Gasteiger partial charge in [0.05, 0.1) is 5.92 Å². The van der Waals surface area contributed by atoms with Crippen molar-refractivity contribution in [2.45, 2.75) is 12.3 Å². The van der Waals surface area contributed by atoms with E-state index in [9.17, 15) is 14.3 Å². The molecule has 0 saturated heterocycles. The second-order valence-electron chi connectivity index (χ2n) is 4.00. The molecule has 0 bridgehead atoms. The summed E-state index contributed by atoms with van der Waals surface area (Å²) in [5, 5.41) is 9.25. The van der Waals surface area contributed by atoms with Gasteiger partial charge in [-0.25, -0.2) is 4.39 Å². The smallest absolute Gasteiger partial charge is 0.311 e. The summed E-state index contributed by atoms with van der Waals surface area (Å²) in [7, 11) is 0. The van der Waals surface area contributed by atoms with Crippen molar-refractivity contribution < 1.29 is 14.3 Å². The zero-order chi connectivity index (χ0) is 13.0. The number of aliphatic carboxylic acids is 1. The molecule has 2 aromatic rings. The Hall–Kier alpha value is -2.23. The van der Waals surface area contributed by atoms with Crippen molar-refractivity contribution in [2.75, 3.05) is 0 Å². The van der Waals surface area contributed by atoms with Crippen molar-refractivity contribution in [2.24, 2.45) is 0 Å². The highest BCUT2D eigenvalue weighted by Crippen LogP contribution is 2.21. The number of benzene rings is 1. The van der Waals surface area contributed by atoms with Crippen LogP contribution in [0.3, 0.4) is 0 Å². The van der Waals surface area contributed by atoms with E-state index in [1.54, 1.807) is 24.5 Å². The van der Waals surface area contributed by atoms with Crippen molar-refractivity contribution in [1.82, 2.24) is 4.98 Å². The molecule has 0 spiro atoms. The van der Waals surface area contributed by atoms with Crippen LogP contribution < -0.4 is 0 Å². The van der Waals surface area contributed by atoms with Crippen LogP contribution in [0, 0.1) is 5.82 Å². The third kappa shape index (κ3) is 2.91. The number of carbonyl (C=O) groups is 1. The maximum absolute atomic E-state index is 12.8. The van der Waals surface area contributed by atoms with E-state index in [0.29, 0.717) is 12.0 Å². The minimum Gasteiger partial charge on any atom is -0.481 e. The van der Waals surface area contributed by atoms with Gasteiger partial charge in [0.1, 0.15) is 5.82 Å². The molecular weight excluding hydrogens is 233 g/mol. The Morgan fingerprint density at radius 2 is 1.78 bits per heavy atom. The Labute approximate surface area is 104 Å². The Morgan fingerprint density at radius 3 is 2.33 bits per heavy atom. The zero-order valence-electron chi connectivity index (χ0n) is 9.58. The first-order valence-electron chi connectivity index (χ1n) is 5.54. The quantitative estimate of drug-likeness (QED) is 0.900. The third-order valence-electron chi connectivity index (χ3n) is 2.76. The summed E-state index contributed by atoms with van der Waals surface area (Å²) in [4.78, 5) is 15.2. The first-order valence-corrected chi connectivity index (χ1v) is 5.54. The van der Waals surface area contributed by atoms with E-state index in [0.717, 1.165) is 5.56 Å². The average Bonchev–Trinajstić information content (AvgIpc) is 2.38. The van der Waals surface area contributed by atoms with E-state index in [1.807, 2.05) is 0 Å². The van der Waals surface area contributed by atoms with Gasteiger partial charge in [-0.2, -0.15) is 0 Å². The van der Waals surface area contributed by atoms with E-state index in [-0.39, 0.29) is 5.82 Å². The molecule has 1 heterocycles. The molecule has 0 aliphatic heterocycles. The van der Waals surface area contributed by atoms with E-state index >= 15 is 0 Å². The summed E-state index contributed by atoms with van der Waals surface area (Å²) >= 11 is 0. The molecule has 18 heavy (non-hydrogen) atoms. The molecule has 1 aromatic heterocycles. The minimum atomic E-state index is -0.918. The summed E-state index contributed by atoms with van der Waals surface area (Å²) in [6.45, 7) is 0. The number of aromatic nitrogens is 1. The lowest BCUT2D eigenvalue weighted by atomic mass is 9.92. The third-order valence-corrected chi connectivity index (χ3v) is 2.76. The number of carboxylic acid groups (broad SMARTS) is 1. The summed E-state index contributed by atoms with van der Waals surface area (Å²) in [5.41, 5.74) is 1.49. The van der Waals surface area contributed by atoms with E-state index in [1.165, 1.54) is 24.3 Å². The van der Waals surface area contributed by atoms with Crippen LogP contribution in [0.2, 0.25) is 0 Å². The molecule has 2 rings (SSSR count). The molecule has 0 radical (unpaired) electrons. The molecule has 1 N–H and O–H groups in total. The lowest BCUT2D eigenvalue weighted by Crippen LogP contribution is -2.14. The summed E-state index contributed by atoms with van der Waals surface area (Å²) < 4.78 is 12.8. The molecule has 0 aliphatic rings. The Morgan fingerprint density at radius 1 is 1.17 bits per heavy atom. The fourth-order valence-corrected chi connectivity index (χ4v) is 1.80. The molecule has 0 unspecified atom stereocenters. The number of halogens is 1. The highest BCUT2D eigenvalue weighted by molar-refractivity contribution is 5.76. The largest absolute Gasteiger partial charge is 0.481 e. The molecule has 0 fully saturated rings. The minimum absolute atomic E-state index is 0.365. The Bertz CT molecular complexity index is 525. The fourth-order valence-electron chi connectivity index (χ4n) is 1.80. The van der Waals surface area contributed by atoms with E-state index in [4.69, 9.17) is 0 Å². The predicted octanol–water partition coefficient (Wildman–Crippen LogP) is 2.63. The van der Waals surface area contributed by atoms with Crippen LogP contribution in [0.1, 0.15) is 17.0 Å². The van der Waals surface area contributed by atoms with Crippen LogP contribution in [0.25, 0.3) is 0 Å².